The summed E-state index contributed by atoms with van der Waals surface area (Å²) in [5.41, 5.74) is 2.97. The number of nitrogens with one attached hydrogen (secondary N) is 2. The van der Waals surface area contributed by atoms with Crippen LogP contribution in [0.5, 0.6) is 0 Å². The van der Waals surface area contributed by atoms with E-state index in [9.17, 15) is 4.79 Å². The molecular formula is C19H17ClN4O2. The van der Waals surface area contributed by atoms with Gasteiger partial charge in [-0.1, -0.05) is 23.7 Å². The summed E-state index contributed by atoms with van der Waals surface area (Å²) < 4.78 is 4.73. The molecule has 0 unspecified atom stereocenters. The monoisotopic (exact) mass is 368 g/mol. The molecule has 0 amide bonds. The molecule has 0 bridgehead atoms. The average Bonchev–Trinajstić information content (AvgIpc) is 2.64. The Kier molecular flexibility index (Phi) is 5.34. The normalized spacial score (nSPS) is 10.3. The standard InChI is InChI=1S/C19H17ClN4O2/c1-12-6-7-15(11-16(12)20)23-19-21-9-8-17(24-19)22-14-5-3-4-13(10-14)18(25)26-2/h3-11H,1-2H3,(H2,21,22,23,24). The van der Waals surface area contributed by atoms with E-state index in [1.165, 1.54) is 7.11 Å². The van der Waals surface area contributed by atoms with E-state index in [2.05, 4.69) is 20.6 Å². The van der Waals surface area contributed by atoms with Crippen molar-refractivity contribution in [3.05, 3.63) is 70.9 Å². The zero-order valence-electron chi connectivity index (χ0n) is 14.3. The summed E-state index contributed by atoms with van der Waals surface area (Å²) in [6.45, 7) is 1.94. The largest absolute Gasteiger partial charge is 0.465 e. The summed E-state index contributed by atoms with van der Waals surface area (Å²) in [6, 6.07) is 14.4. The first-order valence-electron chi connectivity index (χ1n) is 7.87. The number of methoxy groups -OCH3 is 1. The van der Waals surface area contributed by atoms with Crippen LogP contribution < -0.4 is 10.6 Å². The van der Waals surface area contributed by atoms with Crippen LogP contribution in [-0.2, 0) is 4.74 Å². The van der Waals surface area contributed by atoms with Gasteiger partial charge in [0.1, 0.15) is 5.82 Å². The predicted octanol–water partition coefficient (Wildman–Crippen LogP) is 4.71. The molecule has 3 aromatic rings. The molecule has 0 fully saturated rings. The zero-order chi connectivity index (χ0) is 18.5. The van der Waals surface area contributed by atoms with E-state index >= 15 is 0 Å². The SMILES string of the molecule is COC(=O)c1cccc(Nc2ccnc(Nc3ccc(C)c(Cl)c3)n2)c1. The van der Waals surface area contributed by atoms with Gasteiger partial charge < -0.3 is 15.4 Å². The lowest BCUT2D eigenvalue weighted by Gasteiger charge is -2.10. The number of esters is 1. The second kappa shape index (κ2) is 7.84. The van der Waals surface area contributed by atoms with Gasteiger partial charge in [-0.25, -0.2) is 9.78 Å². The number of aryl methyl sites for hydroxylation is 1. The van der Waals surface area contributed by atoms with Crippen LogP contribution in [0.3, 0.4) is 0 Å². The van der Waals surface area contributed by atoms with E-state index in [1.54, 1.807) is 30.5 Å². The Morgan fingerprint density at radius 3 is 2.65 bits per heavy atom. The predicted molar refractivity (Wildman–Crippen MR) is 103 cm³/mol. The first-order valence-corrected chi connectivity index (χ1v) is 8.24. The van der Waals surface area contributed by atoms with Crippen LogP contribution >= 0.6 is 11.6 Å². The molecule has 1 heterocycles. The van der Waals surface area contributed by atoms with Crippen molar-refractivity contribution in [2.75, 3.05) is 17.7 Å². The molecule has 0 atom stereocenters. The molecule has 6 nitrogen and oxygen atoms in total. The molecule has 2 aromatic carbocycles. The number of hydrogen-bond donors (Lipinski definition) is 2. The molecule has 0 radical (unpaired) electrons. The maximum atomic E-state index is 11.6. The van der Waals surface area contributed by atoms with Crippen LogP contribution in [0.4, 0.5) is 23.1 Å². The Labute approximate surface area is 156 Å². The van der Waals surface area contributed by atoms with Gasteiger partial charge in [-0.2, -0.15) is 4.98 Å². The second-order valence-corrected chi connectivity index (χ2v) is 5.96. The molecule has 0 aliphatic carbocycles. The van der Waals surface area contributed by atoms with Gasteiger partial charge >= 0.3 is 5.97 Å². The van der Waals surface area contributed by atoms with Gasteiger partial charge in [-0.05, 0) is 48.9 Å². The molecule has 7 heteroatoms. The van der Waals surface area contributed by atoms with Gasteiger partial charge in [0, 0.05) is 22.6 Å². The summed E-state index contributed by atoms with van der Waals surface area (Å²) >= 11 is 6.14. The summed E-state index contributed by atoms with van der Waals surface area (Å²) in [6.07, 6.45) is 1.64. The maximum absolute atomic E-state index is 11.6. The third-order valence-corrected chi connectivity index (χ3v) is 4.05. The highest BCUT2D eigenvalue weighted by atomic mass is 35.5. The van der Waals surface area contributed by atoms with Crippen molar-refractivity contribution in [2.45, 2.75) is 6.92 Å². The first-order chi connectivity index (χ1) is 12.5. The van der Waals surface area contributed by atoms with Gasteiger partial charge in [0.05, 0.1) is 12.7 Å². The van der Waals surface area contributed by atoms with Crippen LogP contribution in [0, 0.1) is 6.92 Å². The number of benzene rings is 2. The molecular weight excluding hydrogens is 352 g/mol. The number of hydrogen-bond acceptors (Lipinski definition) is 6. The van der Waals surface area contributed by atoms with Crippen LogP contribution in [0.1, 0.15) is 15.9 Å². The summed E-state index contributed by atoms with van der Waals surface area (Å²) in [5.74, 6) is 0.622. The van der Waals surface area contributed by atoms with Crippen molar-refractivity contribution in [1.82, 2.24) is 9.97 Å². The lowest BCUT2D eigenvalue weighted by Crippen LogP contribution is -2.03. The fourth-order valence-corrected chi connectivity index (χ4v) is 2.46. The quantitative estimate of drug-likeness (QED) is 0.635. The number of aromatic nitrogens is 2. The van der Waals surface area contributed by atoms with Crippen molar-refractivity contribution < 1.29 is 9.53 Å². The van der Waals surface area contributed by atoms with Crippen LogP contribution in [0.15, 0.2) is 54.7 Å². The van der Waals surface area contributed by atoms with Gasteiger partial charge in [0.2, 0.25) is 5.95 Å². The number of anilines is 4. The van der Waals surface area contributed by atoms with Crippen LogP contribution in [0.2, 0.25) is 5.02 Å². The van der Waals surface area contributed by atoms with Crippen molar-refractivity contribution in [1.29, 1.82) is 0 Å². The van der Waals surface area contributed by atoms with Crippen LogP contribution in [-0.4, -0.2) is 23.0 Å². The van der Waals surface area contributed by atoms with Crippen LogP contribution in [0.25, 0.3) is 0 Å². The zero-order valence-corrected chi connectivity index (χ0v) is 15.0. The molecule has 0 saturated heterocycles. The fraction of sp³-hybridized carbons (Fsp3) is 0.105. The van der Waals surface area contributed by atoms with E-state index in [4.69, 9.17) is 16.3 Å². The molecule has 0 spiro atoms. The Hall–Kier alpha value is -3.12. The third kappa shape index (κ3) is 4.29. The van der Waals surface area contributed by atoms with Crippen molar-refractivity contribution in [2.24, 2.45) is 0 Å². The maximum Gasteiger partial charge on any atom is 0.337 e. The first kappa shape index (κ1) is 17.7. The number of carbonyl (C=O) groups excluding carboxylic acids is 1. The minimum atomic E-state index is -0.394. The molecule has 1 aromatic heterocycles. The highest BCUT2D eigenvalue weighted by Crippen LogP contribution is 2.23. The molecule has 0 aliphatic rings. The van der Waals surface area contributed by atoms with E-state index in [1.807, 2.05) is 31.2 Å². The Morgan fingerprint density at radius 1 is 1.08 bits per heavy atom. The van der Waals surface area contributed by atoms with Crippen molar-refractivity contribution >= 4 is 40.7 Å². The summed E-state index contributed by atoms with van der Waals surface area (Å²) in [7, 11) is 1.35. The minimum absolute atomic E-state index is 0.394. The number of carbonyl (C=O) groups is 1. The van der Waals surface area contributed by atoms with E-state index < -0.39 is 5.97 Å². The number of rotatable bonds is 5. The Balaban J connectivity index is 1.77. The average molecular weight is 369 g/mol. The lowest BCUT2D eigenvalue weighted by atomic mass is 10.2. The minimum Gasteiger partial charge on any atom is -0.465 e. The van der Waals surface area contributed by atoms with E-state index in [0.717, 1.165) is 16.9 Å². The molecule has 132 valence electrons. The molecule has 0 aliphatic heterocycles. The topological polar surface area (TPSA) is 76.1 Å². The fourth-order valence-electron chi connectivity index (χ4n) is 2.28. The highest BCUT2D eigenvalue weighted by molar-refractivity contribution is 6.31. The van der Waals surface area contributed by atoms with Gasteiger partial charge in [0.15, 0.2) is 0 Å². The molecule has 0 saturated carbocycles. The van der Waals surface area contributed by atoms with Crippen molar-refractivity contribution in [3.8, 4) is 0 Å². The van der Waals surface area contributed by atoms with Gasteiger partial charge in [-0.3, -0.25) is 0 Å². The summed E-state index contributed by atoms with van der Waals surface area (Å²) in [4.78, 5) is 20.3. The van der Waals surface area contributed by atoms with Crippen molar-refractivity contribution in [3.63, 3.8) is 0 Å². The highest BCUT2D eigenvalue weighted by Gasteiger charge is 2.07. The number of halogens is 1. The number of ether oxygens (including phenoxy) is 1. The molecule has 26 heavy (non-hydrogen) atoms. The number of nitrogens with zero attached hydrogens (tertiary/aromatic N) is 2. The third-order valence-electron chi connectivity index (χ3n) is 3.64. The van der Waals surface area contributed by atoms with E-state index in [-0.39, 0.29) is 0 Å². The summed E-state index contributed by atoms with van der Waals surface area (Å²) in [5, 5.41) is 6.93. The Morgan fingerprint density at radius 2 is 1.88 bits per heavy atom. The Bertz CT molecular complexity index is 946. The second-order valence-electron chi connectivity index (χ2n) is 5.55. The molecule has 2 N–H and O–H groups in total. The molecule has 3 rings (SSSR count). The van der Waals surface area contributed by atoms with E-state index in [0.29, 0.717) is 22.4 Å². The smallest absolute Gasteiger partial charge is 0.337 e. The lowest BCUT2D eigenvalue weighted by molar-refractivity contribution is 0.0601. The van der Waals surface area contributed by atoms with Gasteiger partial charge in [-0.15, -0.1) is 0 Å². The van der Waals surface area contributed by atoms with Gasteiger partial charge in [0.25, 0.3) is 0 Å².